The number of aromatic nitrogens is 3. The summed E-state index contributed by atoms with van der Waals surface area (Å²) in [6.45, 7) is 46.3. The number of fused-ring (bicyclic) bond motifs is 1. The highest BCUT2D eigenvalue weighted by Gasteiger charge is 2.79. The van der Waals surface area contributed by atoms with E-state index in [1.165, 1.54) is 70.6 Å². The van der Waals surface area contributed by atoms with Crippen molar-refractivity contribution in [2.24, 2.45) is 71.0 Å². The van der Waals surface area contributed by atoms with Gasteiger partial charge in [-0.05, 0) is 272 Å². The highest BCUT2D eigenvalue weighted by Crippen LogP contribution is 2.81. The Balaban J connectivity index is 1.49. The average molecular weight is 1040 g/mol. The minimum atomic E-state index is -3.62. The summed E-state index contributed by atoms with van der Waals surface area (Å²) in [5, 5.41) is 10.3. The first-order valence-corrected chi connectivity index (χ1v) is 33.6. The van der Waals surface area contributed by atoms with Gasteiger partial charge in [0, 0.05) is 0 Å². The molecule has 7 nitrogen and oxygen atoms in total. The van der Waals surface area contributed by atoms with E-state index in [0.717, 1.165) is 112 Å². The Labute approximate surface area is 457 Å². The maximum atomic E-state index is 17.2. The minimum absolute atomic E-state index is 0.0499. The lowest BCUT2D eigenvalue weighted by atomic mass is 9.67. The minimum Gasteiger partial charge on any atom is -0.240 e. The Kier molecular flexibility index (Phi) is 17.9. The van der Waals surface area contributed by atoms with Crippen LogP contribution in [0.5, 0.6) is 0 Å². The molecule has 0 bridgehead atoms. The second-order valence-corrected chi connectivity index (χ2v) is 33.3. The van der Waals surface area contributed by atoms with Crippen LogP contribution >= 0.6 is 7.94 Å². The monoisotopic (exact) mass is 1040 g/mol. The van der Waals surface area contributed by atoms with Crippen LogP contribution in [-0.4, -0.2) is 67.1 Å². The molecular formula is C66H118N6OP+. The van der Waals surface area contributed by atoms with Crippen molar-refractivity contribution in [3.05, 3.63) is 24.3 Å². The smallest absolute Gasteiger partial charge is 0.240 e. The van der Waals surface area contributed by atoms with Gasteiger partial charge in [-0.2, -0.15) is 4.89 Å². The van der Waals surface area contributed by atoms with Crippen molar-refractivity contribution < 1.29 is 4.89 Å². The Morgan fingerprint density at radius 3 is 1.03 bits per heavy atom. The van der Waals surface area contributed by atoms with Crippen molar-refractivity contribution in [3.63, 3.8) is 0 Å². The van der Waals surface area contributed by atoms with Gasteiger partial charge in [0.25, 0.3) is 0 Å². The van der Waals surface area contributed by atoms with Gasteiger partial charge in [0.1, 0.15) is 5.52 Å². The molecule has 0 spiro atoms. The van der Waals surface area contributed by atoms with Crippen LogP contribution in [0.2, 0.25) is 0 Å². The van der Waals surface area contributed by atoms with Crippen molar-refractivity contribution in [3.8, 4) is 0 Å². The van der Waals surface area contributed by atoms with E-state index < -0.39 is 13.5 Å². The Bertz CT molecular complexity index is 1960. The number of hydrogen-bond donors (Lipinski definition) is 1. The Morgan fingerprint density at radius 1 is 0.432 bits per heavy atom. The molecule has 3 atom stereocenters. The first-order chi connectivity index (χ1) is 34.6. The van der Waals surface area contributed by atoms with E-state index in [-0.39, 0.29) is 33.7 Å². The van der Waals surface area contributed by atoms with Gasteiger partial charge in [-0.25, -0.2) is 4.68 Å². The molecule has 422 valence electrons. The van der Waals surface area contributed by atoms with Crippen molar-refractivity contribution in [1.82, 2.24) is 29.0 Å². The van der Waals surface area contributed by atoms with Crippen LogP contribution < -0.4 is 0 Å². The molecule has 8 rings (SSSR count). The van der Waals surface area contributed by atoms with Gasteiger partial charge < -0.3 is 0 Å². The van der Waals surface area contributed by atoms with Crippen LogP contribution in [0.15, 0.2) is 24.3 Å². The molecule has 1 aromatic heterocycles. The summed E-state index contributed by atoms with van der Waals surface area (Å²) < 4.78 is 12.0. The van der Waals surface area contributed by atoms with Crippen LogP contribution in [-0.2, 0) is 0 Å². The van der Waals surface area contributed by atoms with Gasteiger partial charge in [-0.15, -0.1) is 19.1 Å². The molecule has 3 unspecified atom stereocenters. The largest absolute Gasteiger partial charge is 0.371 e. The SMILES string of the molecule is CC(C)C1CCC(C)(N(C2(C)CCC(C(C)C)CC2)[P+](O)(N(C2(C)CCC(C(C)C)CC2)C2(C)CCC(C(C)C)CC2)N(C2(C)CCC(C(C)C)CC2)C2(C)CCC(C(C)C)CC2n2nnc3ccccc32)CC1. The Morgan fingerprint density at radius 2 is 0.716 bits per heavy atom. The van der Waals surface area contributed by atoms with Crippen molar-refractivity contribution in [2.75, 3.05) is 0 Å². The summed E-state index contributed by atoms with van der Waals surface area (Å²) in [6.07, 6.45) is 27.4. The van der Waals surface area contributed by atoms with Crippen LogP contribution in [0, 0.1) is 71.0 Å². The van der Waals surface area contributed by atoms with Crippen molar-refractivity contribution in [2.45, 2.75) is 312 Å². The topological polar surface area (TPSA) is 60.7 Å². The molecule has 0 radical (unpaired) electrons. The zero-order chi connectivity index (χ0) is 54.0. The van der Waals surface area contributed by atoms with E-state index in [9.17, 15) is 0 Å². The van der Waals surface area contributed by atoms with Crippen LogP contribution in [0.4, 0.5) is 0 Å². The second kappa shape index (κ2) is 22.4. The molecule has 74 heavy (non-hydrogen) atoms. The van der Waals surface area contributed by atoms with E-state index >= 15 is 4.89 Å². The molecule has 1 heterocycles. The van der Waals surface area contributed by atoms with Gasteiger partial charge >= 0.3 is 7.94 Å². The van der Waals surface area contributed by atoms with Crippen LogP contribution in [0.1, 0.15) is 278 Å². The Hall–Kier alpha value is -1.11. The molecule has 2 aromatic rings. The predicted molar refractivity (Wildman–Crippen MR) is 318 cm³/mol. The molecular weight excluding hydrogens is 924 g/mol. The first-order valence-electron chi connectivity index (χ1n) is 32.0. The molecule has 0 amide bonds. The van der Waals surface area contributed by atoms with E-state index in [0.29, 0.717) is 47.3 Å². The lowest BCUT2D eigenvalue weighted by molar-refractivity contribution is -0.0958. The first kappa shape index (κ1) is 59.0. The fourth-order valence-electron chi connectivity index (χ4n) is 18.5. The fourth-order valence-corrected chi connectivity index (χ4v) is 24.1. The third kappa shape index (κ3) is 11.1. The lowest BCUT2D eigenvalue weighted by Gasteiger charge is -2.68. The van der Waals surface area contributed by atoms with Gasteiger partial charge in [0.05, 0.1) is 44.8 Å². The van der Waals surface area contributed by atoms with E-state index in [4.69, 9.17) is 10.3 Å². The maximum absolute atomic E-state index is 17.2. The van der Waals surface area contributed by atoms with Crippen molar-refractivity contribution >= 4 is 19.0 Å². The number of rotatable bonds is 16. The molecule has 6 saturated carbocycles. The fraction of sp³-hybridized carbons (Fsp3) is 0.909. The summed E-state index contributed by atoms with van der Waals surface area (Å²) >= 11 is 0. The molecule has 1 N–H and O–H groups in total. The number of para-hydroxylation sites is 1. The van der Waals surface area contributed by atoms with Gasteiger partial charge in [-0.3, -0.25) is 0 Å². The zero-order valence-corrected chi connectivity index (χ0v) is 52.6. The molecule has 6 aliphatic rings. The molecule has 1 aromatic carbocycles. The number of hydrogen-bond acceptors (Lipinski definition) is 6. The maximum Gasteiger partial charge on any atom is 0.371 e. The summed E-state index contributed by atoms with van der Waals surface area (Å²) in [5.74, 6) is 8.18. The average Bonchev–Trinajstić information content (AvgIpc) is 3.75. The van der Waals surface area contributed by atoms with Gasteiger partial charge in [-0.1, -0.05) is 100 Å². The van der Waals surface area contributed by atoms with E-state index in [1.54, 1.807) is 0 Å². The predicted octanol–water partition coefficient (Wildman–Crippen LogP) is 18.8. The highest BCUT2D eigenvalue weighted by atomic mass is 31.2. The summed E-state index contributed by atoms with van der Waals surface area (Å²) in [6, 6.07) is 8.90. The highest BCUT2D eigenvalue weighted by molar-refractivity contribution is 7.63. The lowest BCUT2D eigenvalue weighted by Crippen LogP contribution is -2.75. The summed E-state index contributed by atoms with van der Waals surface area (Å²) in [5.41, 5.74) is 0.799. The van der Waals surface area contributed by atoms with Crippen LogP contribution in [0.3, 0.4) is 0 Å². The summed E-state index contributed by atoms with van der Waals surface area (Å²) in [4.78, 5) is 17.2. The quantitative estimate of drug-likeness (QED) is 0.169. The zero-order valence-electron chi connectivity index (χ0n) is 51.7. The third-order valence-corrected chi connectivity index (χ3v) is 28.5. The number of benzene rings is 1. The van der Waals surface area contributed by atoms with Crippen molar-refractivity contribution in [1.29, 1.82) is 0 Å². The second-order valence-electron chi connectivity index (χ2n) is 31.0. The normalized spacial score (nSPS) is 40.0. The molecule has 6 aliphatic carbocycles. The molecule has 0 aliphatic heterocycles. The molecule has 6 fully saturated rings. The van der Waals surface area contributed by atoms with E-state index in [2.05, 4.69) is 168 Å². The van der Waals surface area contributed by atoms with Gasteiger partial charge in [0.15, 0.2) is 0 Å². The van der Waals surface area contributed by atoms with E-state index in [1.807, 2.05) is 0 Å². The molecule has 0 saturated heterocycles. The van der Waals surface area contributed by atoms with Gasteiger partial charge in [0.2, 0.25) is 0 Å². The number of nitrogens with zero attached hydrogens (tertiary/aromatic N) is 6. The third-order valence-electron chi connectivity index (χ3n) is 24.0. The molecule has 8 heteroatoms. The van der Waals surface area contributed by atoms with Crippen LogP contribution in [0.25, 0.3) is 11.0 Å². The summed E-state index contributed by atoms with van der Waals surface area (Å²) in [7, 11) is -3.62. The standard InChI is InChI=1S/C66H118N6OP/c1-46(2)52-23-34-61(13,35-24-52)70(62(14)36-25-53(26-37-62)47(3)4)74(73,71(63(15)38-27-54(28-39-63)48(5)6)64(16)40-29-55(30-41-64)49(7)8)72(65(17)42-31-56(32-43-65)50(9)10)66(18)44-33-57(51(11)12)45-60(66)69-59-22-20-19-21-58(59)67-68-69/h19-22,46-57,60,73H,23-45H2,1-18H3/q+1.